The van der Waals surface area contributed by atoms with Gasteiger partial charge in [0, 0.05) is 0 Å². The summed E-state index contributed by atoms with van der Waals surface area (Å²) in [5.74, 6) is 0.0326. The smallest absolute Gasteiger partial charge is 0.404 e. The molecule has 0 aliphatic heterocycles. The SMILES string of the molecule is CCOP(=O)(OCC)C(=O)c1occc1C. The van der Waals surface area contributed by atoms with E-state index in [-0.39, 0.29) is 19.0 Å². The molecule has 0 radical (unpaired) electrons. The highest BCUT2D eigenvalue weighted by atomic mass is 31.2. The molecule has 16 heavy (non-hydrogen) atoms. The van der Waals surface area contributed by atoms with Crippen molar-refractivity contribution in [3.63, 3.8) is 0 Å². The van der Waals surface area contributed by atoms with Gasteiger partial charge in [0.05, 0.1) is 19.5 Å². The fourth-order valence-electron chi connectivity index (χ4n) is 1.21. The number of furan rings is 1. The Bertz CT molecular complexity index is 399. The minimum atomic E-state index is -3.76. The second-order valence-electron chi connectivity index (χ2n) is 3.07. The van der Waals surface area contributed by atoms with E-state index in [4.69, 9.17) is 13.5 Å². The highest BCUT2D eigenvalue weighted by Crippen LogP contribution is 2.51. The molecule has 1 rings (SSSR count). The molecular weight excluding hydrogens is 231 g/mol. The molecule has 0 spiro atoms. The zero-order valence-corrected chi connectivity index (χ0v) is 10.5. The third kappa shape index (κ3) is 2.61. The maximum atomic E-state index is 12.1. The zero-order chi connectivity index (χ0) is 12.2. The minimum absolute atomic E-state index is 0.0326. The van der Waals surface area contributed by atoms with Gasteiger partial charge in [-0.15, -0.1) is 0 Å². The number of aryl methyl sites for hydroxylation is 1. The summed E-state index contributed by atoms with van der Waals surface area (Å²) in [4.78, 5) is 11.9. The molecule has 0 fully saturated rings. The molecule has 0 atom stereocenters. The van der Waals surface area contributed by atoms with E-state index in [9.17, 15) is 9.36 Å². The van der Waals surface area contributed by atoms with Gasteiger partial charge in [-0.25, -0.2) is 0 Å². The van der Waals surface area contributed by atoms with E-state index >= 15 is 0 Å². The van der Waals surface area contributed by atoms with Crippen LogP contribution in [0.2, 0.25) is 0 Å². The van der Waals surface area contributed by atoms with Gasteiger partial charge in [0.1, 0.15) is 0 Å². The second kappa shape index (κ2) is 5.43. The Morgan fingerprint density at radius 3 is 2.31 bits per heavy atom. The van der Waals surface area contributed by atoms with Gasteiger partial charge in [0.15, 0.2) is 5.76 Å². The van der Waals surface area contributed by atoms with Crippen molar-refractivity contribution in [1.82, 2.24) is 0 Å². The largest absolute Gasteiger partial charge is 0.460 e. The highest BCUT2D eigenvalue weighted by molar-refractivity contribution is 7.72. The third-order valence-electron chi connectivity index (χ3n) is 1.90. The van der Waals surface area contributed by atoms with E-state index < -0.39 is 13.1 Å². The van der Waals surface area contributed by atoms with E-state index in [0.717, 1.165) is 0 Å². The molecule has 0 N–H and O–H groups in total. The lowest BCUT2D eigenvalue weighted by atomic mass is 10.3. The number of hydrogen-bond acceptors (Lipinski definition) is 5. The minimum Gasteiger partial charge on any atom is -0.460 e. The Labute approximate surface area is 94.3 Å². The zero-order valence-electron chi connectivity index (χ0n) is 9.56. The Morgan fingerprint density at radius 1 is 1.38 bits per heavy atom. The van der Waals surface area contributed by atoms with E-state index in [0.29, 0.717) is 5.56 Å². The summed E-state index contributed by atoms with van der Waals surface area (Å²) in [6, 6.07) is 1.62. The first kappa shape index (κ1) is 13.2. The molecule has 0 aromatic carbocycles. The highest BCUT2D eigenvalue weighted by Gasteiger charge is 2.38. The summed E-state index contributed by atoms with van der Waals surface area (Å²) in [6.07, 6.45) is 1.37. The lowest BCUT2D eigenvalue weighted by Crippen LogP contribution is -2.07. The first-order chi connectivity index (χ1) is 7.55. The lowest BCUT2D eigenvalue weighted by molar-refractivity contribution is 0.0975. The predicted molar refractivity (Wildman–Crippen MR) is 58.6 cm³/mol. The average molecular weight is 246 g/mol. The van der Waals surface area contributed by atoms with Crippen LogP contribution >= 0.6 is 7.60 Å². The molecule has 1 aromatic heterocycles. The molecular formula is C10H15O5P. The molecule has 0 bridgehead atoms. The molecule has 0 saturated carbocycles. The van der Waals surface area contributed by atoms with Crippen LogP contribution < -0.4 is 0 Å². The Balaban J connectivity index is 3.01. The Hall–Kier alpha value is -0.900. The topological polar surface area (TPSA) is 65.7 Å². The summed E-state index contributed by atoms with van der Waals surface area (Å²) >= 11 is 0. The molecule has 0 amide bonds. The maximum Gasteiger partial charge on any atom is 0.404 e. The molecule has 1 aromatic rings. The molecule has 0 unspecified atom stereocenters. The molecule has 0 aliphatic carbocycles. The van der Waals surface area contributed by atoms with Crippen LogP contribution in [0.1, 0.15) is 30.0 Å². The third-order valence-corrected chi connectivity index (χ3v) is 3.80. The van der Waals surface area contributed by atoms with Gasteiger partial charge in [-0.2, -0.15) is 0 Å². The van der Waals surface area contributed by atoms with Crippen molar-refractivity contribution < 1.29 is 22.8 Å². The number of hydrogen-bond donors (Lipinski definition) is 0. The van der Waals surface area contributed by atoms with E-state index in [1.807, 2.05) is 0 Å². The normalized spacial score (nSPS) is 11.7. The van der Waals surface area contributed by atoms with Gasteiger partial charge in [0.2, 0.25) is 0 Å². The van der Waals surface area contributed by atoms with Gasteiger partial charge in [-0.1, -0.05) is 0 Å². The van der Waals surface area contributed by atoms with Crippen molar-refractivity contribution in [1.29, 1.82) is 0 Å². The number of carbonyl (C=O) groups is 1. The van der Waals surface area contributed by atoms with E-state index in [1.165, 1.54) is 6.26 Å². The van der Waals surface area contributed by atoms with Crippen molar-refractivity contribution >= 4 is 13.1 Å². The summed E-state index contributed by atoms with van der Waals surface area (Å²) < 4.78 is 27.0. The van der Waals surface area contributed by atoms with E-state index in [1.54, 1.807) is 26.8 Å². The molecule has 6 heteroatoms. The van der Waals surface area contributed by atoms with Crippen molar-refractivity contribution in [2.45, 2.75) is 20.8 Å². The van der Waals surface area contributed by atoms with Gasteiger partial charge in [-0.3, -0.25) is 9.36 Å². The fraction of sp³-hybridized carbons (Fsp3) is 0.500. The monoisotopic (exact) mass is 246 g/mol. The number of carbonyl (C=O) groups excluding carboxylic acids is 1. The van der Waals surface area contributed by atoms with Crippen molar-refractivity contribution in [2.24, 2.45) is 0 Å². The molecule has 90 valence electrons. The van der Waals surface area contributed by atoms with Crippen LogP contribution in [0.25, 0.3) is 0 Å². The molecule has 0 saturated heterocycles. The standard InChI is InChI=1S/C10H15O5P/c1-4-14-16(12,15-5-2)10(11)9-8(3)6-7-13-9/h6-7H,4-5H2,1-3H3. The first-order valence-electron chi connectivity index (χ1n) is 5.03. The molecule has 1 heterocycles. The first-order valence-corrected chi connectivity index (χ1v) is 6.57. The van der Waals surface area contributed by atoms with Crippen LogP contribution in [-0.4, -0.2) is 18.7 Å². The van der Waals surface area contributed by atoms with Gasteiger partial charge >= 0.3 is 13.1 Å². The average Bonchev–Trinajstić information content (AvgIpc) is 2.64. The Morgan fingerprint density at radius 2 is 1.94 bits per heavy atom. The van der Waals surface area contributed by atoms with Crippen LogP contribution in [0.4, 0.5) is 0 Å². The van der Waals surface area contributed by atoms with Crippen molar-refractivity contribution in [2.75, 3.05) is 13.2 Å². The van der Waals surface area contributed by atoms with Crippen LogP contribution in [0.15, 0.2) is 16.7 Å². The summed E-state index contributed by atoms with van der Waals surface area (Å²) in [5.41, 5.74) is -0.108. The quantitative estimate of drug-likeness (QED) is 0.722. The van der Waals surface area contributed by atoms with Crippen LogP contribution in [0, 0.1) is 6.92 Å². The van der Waals surface area contributed by atoms with E-state index in [2.05, 4.69) is 0 Å². The second-order valence-corrected chi connectivity index (χ2v) is 4.99. The van der Waals surface area contributed by atoms with Crippen molar-refractivity contribution in [3.8, 4) is 0 Å². The van der Waals surface area contributed by atoms with Crippen LogP contribution in [-0.2, 0) is 13.6 Å². The Kier molecular flexibility index (Phi) is 4.47. The summed E-state index contributed by atoms with van der Waals surface area (Å²) in [7, 11) is -3.76. The predicted octanol–water partition coefficient (Wildman–Crippen LogP) is 2.99. The molecule has 5 nitrogen and oxygen atoms in total. The lowest BCUT2D eigenvalue weighted by Gasteiger charge is -2.14. The van der Waals surface area contributed by atoms with Crippen molar-refractivity contribution in [3.05, 3.63) is 23.7 Å². The summed E-state index contributed by atoms with van der Waals surface area (Å²) in [5, 5.41) is 0. The maximum absolute atomic E-state index is 12.1. The molecule has 0 aliphatic rings. The number of rotatable bonds is 6. The van der Waals surface area contributed by atoms with Gasteiger partial charge < -0.3 is 13.5 Å². The van der Waals surface area contributed by atoms with Gasteiger partial charge in [-0.05, 0) is 32.4 Å². The van der Waals surface area contributed by atoms with Gasteiger partial charge in [0.25, 0.3) is 0 Å². The van der Waals surface area contributed by atoms with Crippen LogP contribution in [0.5, 0.6) is 0 Å². The summed E-state index contributed by atoms with van der Waals surface area (Å²) in [6.45, 7) is 5.27. The fourth-order valence-corrected chi connectivity index (χ4v) is 2.68. The van der Waals surface area contributed by atoms with Crippen LogP contribution in [0.3, 0.4) is 0 Å².